The predicted molar refractivity (Wildman–Crippen MR) is 112 cm³/mol. The molecule has 162 valence electrons. The Hall–Kier alpha value is -2.57. The molecule has 1 N–H and O–H groups in total. The van der Waals surface area contributed by atoms with Crippen molar-refractivity contribution >= 4 is 6.09 Å². The summed E-state index contributed by atoms with van der Waals surface area (Å²) < 4.78 is 17.0. The summed E-state index contributed by atoms with van der Waals surface area (Å²) in [5.41, 5.74) is 2.45. The van der Waals surface area contributed by atoms with Crippen molar-refractivity contribution in [1.82, 2.24) is 15.5 Å². The smallest absolute Gasteiger partial charge is 0.407 e. The number of carbonyl (C=O) groups excluding carboxylic acids is 1. The highest BCUT2D eigenvalue weighted by atomic mass is 16.6. The summed E-state index contributed by atoms with van der Waals surface area (Å²) in [4.78, 5) is 16.6. The van der Waals surface area contributed by atoms with Crippen LogP contribution >= 0.6 is 0 Å². The van der Waals surface area contributed by atoms with Crippen molar-refractivity contribution in [2.24, 2.45) is 5.41 Å². The summed E-state index contributed by atoms with van der Waals surface area (Å²) >= 11 is 0. The summed E-state index contributed by atoms with van der Waals surface area (Å²) in [5, 5.41) is 6.87. The van der Waals surface area contributed by atoms with E-state index in [1.165, 1.54) is 19.3 Å². The van der Waals surface area contributed by atoms with Gasteiger partial charge in [0.1, 0.15) is 17.5 Å². The van der Waals surface area contributed by atoms with Crippen LogP contribution in [0, 0.1) is 12.3 Å². The Morgan fingerprint density at radius 1 is 1.20 bits per heavy atom. The van der Waals surface area contributed by atoms with Crippen LogP contribution in [0.4, 0.5) is 4.79 Å². The number of rotatable bonds is 6. The monoisotopic (exact) mass is 413 g/mol. The molecule has 2 aliphatic carbocycles. The maximum Gasteiger partial charge on any atom is 0.407 e. The van der Waals surface area contributed by atoms with Gasteiger partial charge in [-0.05, 0) is 63.0 Å². The van der Waals surface area contributed by atoms with Gasteiger partial charge in [0.15, 0.2) is 5.76 Å². The molecule has 0 radical (unpaired) electrons. The van der Waals surface area contributed by atoms with Crippen LogP contribution < -0.4 is 10.1 Å². The number of nitrogens with one attached hydrogen (secondary N) is 1. The molecule has 2 saturated carbocycles. The van der Waals surface area contributed by atoms with Crippen LogP contribution in [0.25, 0.3) is 11.5 Å². The summed E-state index contributed by atoms with van der Waals surface area (Å²) in [7, 11) is 0. The summed E-state index contributed by atoms with van der Waals surface area (Å²) in [6.45, 7) is 6.48. The van der Waals surface area contributed by atoms with E-state index in [9.17, 15) is 4.79 Å². The van der Waals surface area contributed by atoms with Gasteiger partial charge in [-0.2, -0.15) is 0 Å². The number of hydrogen-bond acceptors (Lipinski definition) is 6. The van der Waals surface area contributed by atoms with Crippen LogP contribution in [0.3, 0.4) is 0 Å². The molecule has 0 saturated heterocycles. The molecule has 30 heavy (non-hydrogen) atoms. The highest BCUT2D eigenvalue weighted by Gasteiger charge is 2.38. The molecule has 2 aromatic rings. The third kappa shape index (κ3) is 4.94. The van der Waals surface area contributed by atoms with E-state index in [2.05, 4.69) is 29.3 Å². The van der Waals surface area contributed by atoms with E-state index in [0.717, 1.165) is 42.7 Å². The van der Waals surface area contributed by atoms with E-state index >= 15 is 0 Å². The molecule has 0 bridgehead atoms. The van der Waals surface area contributed by atoms with Crippen LogP contribution in [-0.2, 0) is 11.3 Å². The quantitative estimate of drug-likeness (QED) is 0.703. The van der Waals surface area contributed by atoms with Gasteiger partial charge in [-0.3, -0.25) is 0 Å². The van der Waals surface area contributed by atoms with E-state index in [0.29, 0.717) is 11.5 Å². The van der Waals surface area contributed by atoms with Crippen LogP contribution in [0.5, 0.6) is 5.75 Å². The third-order valence-corrected chi connectivity index (χ3v) is 6.05. The molecule has 2 aliphatic rings. The van der Waals surface area contributed by atoms with Crippen molar-refractivity contribution in [2.45, 2.75) is 84.5 Å². The van der Waals surface area contributed by atoms with Crippen molar-refractivity contribution in [1.29, 1.82) is 0 Å². The molecule has 0 aromatic carbocycles. The van der Waals surface area contributed by atoms with Gasteiger partial charge in [-0.1, -0.05) is 25.4 Å². The van der Waals surface area contributed by atoms with E-state index < -0.39 is 6.09 Å². The minimum Gasteiger partial charge on any atom is -0.489 e. The second-order valence-corrected chi connectivity index (χ2v) is 9.29. The highest BCUT2D eigenvalue weighted by molar-refractivity contribution is 5.68. The first-order valence-electron chi connectivity index (χ1n) is 10.9. The van der Waals surface area contributed by atoms with E-state index in [-0.39, 0.29) is 24.2 Å². The first-order valence-corrected chi connectivity index (χ1v) is 10.9. The minimum atomic E-state index is -0.411. The predicted octanol–water partition coefficient (Wildman–Crippen LogP) is 5.17. The molecular formula is C23H31N3O4. The molecule has 4 rings (SSSR count). The fourth-order valence-electron chi connectivity index (χ4n) is 4.37. The Morgan fingerprint density at radius 2 is 1.97 bits per heavy atom. The van der Waals surface area contributed by atoms with E-state index in [4.69, 9.17) is 14.0 Å². The van der Waals surface area contributed by atoms with Gasteiger partial charge < -0.3 is 19.3 Å². The standard InChI is InChI=1S/C23H31N3O4/c1-15-19(14-25-22(27)29-18-11-23(2,3)12-18)21(30-26-15)20-10-9-17(13-24-20)28-16-7-5-4-6-8-16/h9-10,13,16,18H,4-8,11-12,14H2,1-3H3,(H,25,27). The Labute approximate surface area is 177 Å². The fourth-order valence-corrected chi connectivity index (χ4v) is 4.37. The average molecular weight is 414 g/mol. The van der Waals surface area contributed by atoms with Gasteiger partial charge >= 0.3 is 6.09 Å². The zero-order valence-corrected chi connectivity index (χ0v) is 18.1. The molecule has 0 spiro atoms. The van der Waals surface area contributed by atoms with Crippen molar-refractivity contribution in [3.63, 3.8) is 0 Å². The topological polar surface area (TPSA) is 86.5 Å². The third-order valence-electron chi connectivity index (χ3n) is 6.05. The van der Waals surface area contributed by atoms with Crippen LogP contribution in [0.1, 0.15) is 70.1 Å². The number of ether oxygens (including phenoxy) is 2. The van der Waals surface area contributed by atoms with Crippen LogP contribution in [0.15, 0.2) is 22.9 Å². The van der Waals surface area contributed by atoms with Crippen molar-refractivity contribution < 1.29 is 18.8 Å². The summed E-state index contributed by atoms with van der Waals surface area (Å²) in [6, 6.07) is 3.79. The van der Waals surface area contributed by atoms with Crippen LogP contribution in [-0.4, -0.2) is 28.4 Å². The van der Waals surface area contributed by atoms with Gasteiger partial charge in [0.05, 0.1) is 24.5 Å². The Balaban J connectivity index is 1.35. The molecule has 2 heterocycles. The zero-order valence-electron chi connectivity index (χ0n) is 18.1. The second kappa shape index (κ2) is 8.66. The van der Waals surface area contributed by atoms with Crippen molar-refractivity contribution in [2.75, 3.05) is 0 Å². The summed E-state index contributed by atoms with van der Waals surface area (Å²) in [6.07, 6.45) is 9.36. The van der Waals surface area contributed by atoms with Gasteiger partial charge in [0.2, 0.25) is 0 Å². The Morgan fingerprint density at radius 3 is 2.63 bits per heavy atom. The summed E-state index contributed by atoms with van der Waals surface area (Å²) in [5.74, 6) is 1.33. The molecular weight excluding hydrogens is 382 g/mol. The molecule has 0 aliphatic heterocycles. The van der Waals surface area contributed by atoms with Gasteiger partial charge in [0.25, 0.3) is 0 Å². The molecule has 7 heteroatoms. The van der Waals surface area contributed by atoms with E-state index in [1.54, 1.807) is 6.20 Å². The highest BCUT2D eigenvalue weighted by Crippen LogP contribution is 2.41. The molecule has 2 fully saturated rings. The van der Waals surface area contributed by atoms with Gasteiger partial charge in [-0.15, -0.1) is 0 Å². The fraction of sp³-hybridized carbons (Fsp3) is 0.609. The molecule has 2 aromatic heterocycles. The van der Waals surface area contributed by atoms with Crippen molar-refractivity contribution in [3.05, 3.63) is 29.6 Å². The first kappa shape index (κ1) is 20.7. The lowest BCUT2D eigenvalue weighted by atomic mass is 9.70. The number of alkyl carbamates (subject to hydrolysis) is 1. The van der Waals surface area contributed by atoms with E-state index in [1.807, 2.05) is 19.1 Å². The number of carbonyl (C=O) groups is 1. The number of nitrogens with zero attached hydrogens (tertiary/aromatic N) is 2. The maximum atomic E-state index is 12.1. The SMILES string of the molecule is Cc1noc(-c2ccc(OC3CCCCC3)cn2)c1CNC(=O)OC1CC(C)(C)C1. The lowest BCUT2D eigenvalue weighted by Gasteiger charge is -2.41. The maximum absolute atomic E-state index is 12.1. The van der Waals surface area contributed by atoms with Gasteiger partial charge in [0, 0.05) is 5.56 Å². The van der Waals surface area contributed by atoms with Crippen molar-refractivity contribution in [3.8, 4) is 17.2 Å². The molecule has 7 nitrogen and oxygen atoms in total. The number of aromatic nitrogens is 2. The van der Waals surface area contributed by atoms with Gasteiger partial charge in [-0.25, -0.2) is 9.78 Å². The normalized spacial score (nSPS) is 19.2. The number of aryl methyl sites for hydroxylation is 1. The lowest BCUT2D eigenvalue weighted by molar-refractivity contribution is -0.0225. The second-order valence-electron chi connectivity index (χ2n) is 9.29. The average Bonchev–Trinajstić information content (AvgIpc) is 3.07. The number of pyridine rings is 1. The lowest BCUT2D eigenvalue weighted by Crippen LogP contribution is -2.41. The largest absolute Gasteiger partial charge is 0.489 e. The molecule has 1 amide bonds. The number of amides is 1. The Kier molecular flexibility index (Phi) is 5.97. The molecule has 0 unspecified atom stereocenters. The Bertz CT molecular complexity index is 861. The minimum absolute atomic E-state index is 0.00131. The van der Waals surface area contributed by atoms with Crippen LogP contribution in [0.2, 0.25) is 0 Å². The first-order chi connectivity index (χ1) is 14.4. The zero-order chi connectivity index (χ0) is 21.1. The molecule has 0 atom stereocenters. The number of hydrogen-bond donors (Lipinski definition) is 1.